The van der Waals surface area contributed by atoms with Crippen molar-refractivity contribution in [2.45, 2.75) is 58.9 Å². The van der Waals surface area contributed by atoms with Gasteiger partial charge in [-0.15, -0.1) is 0 Å². The molecule has 0 aromatic heterocycles. The first-order valence-corrected chi connectivity index (χ1v) is 8.32. The van der Waals surface area contributed by atoms with Crippen LogP contribution >= 0.6 is 0 Å². The molecule has 2 aliphatic rings. The number of nitrogens with zero attached hydrogens (tertiary/aromatic N) is 2. The highest BCUT2D eigenvalue weighted by atomic mass is 15.2. The Bertz CT molecular complexity index is 285. The van der Waals surface area contributed by atoms with Crippen LogP contribution in [-0.2, 0) is 0 Å². The third kappa shape index (κ3) is 3.95. The summed E-state index contributed by atoms with van der Waals surface area (Å²) in [7, 11) is 2.28. The second kappa shape index (κ2) is 6.13. The highest BCUT2D eigenvalue weighted by Gasteiger charge is 2.36. The Morgan fingerprint density at radius 2 is 1.89 bits per heavy atom. The summed E-state index contributed by atoms with van der Waals surface area (Å²) in [5.41, 5.74) is 0.406. The smallest absolute Gasteiger partial charge is 0.0156 e. The first-order chi connectivity index (χ1) is 8.88. The van der Waals surface area contributed by atoms with Gasteiger partial charge in [-0.2, -0.15) is 0 Å². The maximum atomic E-state index is 2.79. The minimum atomic E-state index is 0.406. The molecule has 0 radical (unpaired) electrons. The van der Waals surface area contributed by atoms with Crippen LogP contribution in [0.5, 0.6) is 0 Å². The number of hydrogen-bond donors (Lipinski definition) is 0. The van der Waals surface area contributed by atoms with E-state index in [0.29, 0.717) is 5.54 Å². The van der Waals surface area contributed by atoms with Crippen LogP contribution in [0.15, 0.2) is 0 Å². The number of piperidine rings is 2. The van der Waals surface area contributed by atoms with Gasteiger partial charge < -0.3 is 4.90 Å². The molecule has 2 nitrogen and oxygen atoms in total. The van der Waals surface area contributed by atoms with Crippen LogP contribution in [0.1, 0.15) is 53.4 Å². The standard InChI is InChI=1S/C17H34N2/c1-14(2)16-8-10-19(17(3,4)11-16)13-15-7-6-9-18(5)12-15/h14-16H,6-13H2,1-5H3. The SMILES string of the molecule is CC(C)C1CCN(CC2CCCN(C)C2)C(C)(C)C1. The molecule has 0 bridgehead atoms. The molecule has 2 saturated heterocycles. The van der Waals surface area contributed by atoms with E-state index in [4.69, 9.17) is 0 Å². The average molecular weight is 266 g/mol. The third-order valence-corrected chi connectivity index (χ3v) is 5.53. The Kier molecular flexibility index (Phi) is 4.94. The monoisotopic (exact) mass is 266 g/mol. The van der Waals surface area contributed by atoms with Gasteiger partial charge in [-0.25, -0.2) is 0 Å². The zero-order valence-electron chi connectivity index (χ0n) is 13.8. The summed E-state index contributed by atoms with van der Waals surface area (Å²) in [5.74, 6) is 2.68. The molecule has 2 unspecified atom stereocenters. The zero-order valence-corrected chi connectivity index (χ0v) is 13.8. The number of rotatable bonds is 3. The van der Waals surface area contributed by atoms with Crippen LogP contribution < -0.4 is 0 Å². The summed E-state index contributed by atoms with van der Waals surface area (Å²) in [6, 6.07) is 0. The normalized spacial score (nSPS) is 33.8. The Morgan fingerprint density at radius 1 is 1.16 bits per heavy atom. The van der Waals surface area contributed by atoms with Crippen molar-refractivity contribution in [3.63, 3.8) is 0 Å². The first kappa shape index (κ1) is 15.3. The van der Waals surface area contributed by atoms with Crippen molar-refractivity contribution in [1.82, 2.24) is 9.80 Å². The van der Waals surface area contributed by atoms with E-state index < -0.39 is 0 Å². The largest absolute Gasteiger partial charge is 0.306 e. The van der Waals surface area contributed by atoms with Crippen LogP contribution in [-0.4, -0.2) is 48.6 Å². The third-order valence-electron chi connectivity index (χ3n) is 5.53. The Labute approximate surface area is 120 Å². The summed E-state index contributed by atoms with van der Waals surface area (Å²) in [6.45, 7) is 15.0. The summed E-state index contributed by atoms with van der Waals surface area (Å²) >= 11 is 0. The van der Waals surface area contributed by atoms with Gasteiger partial charge in [0.05, 0.1) is 0 Å². The van der Waals surface area contributed by atoms with Crippen molar-refractivity contribution in [1.29, 1.82) is 0 Å². The summed E-state index contributed by atoms with van der Waals surface area (Å²) < 4.78 is 0. The van der Waals surface area contributed by atoms with Gasteiger partial charge in [0, 0.05) is 18.6 Å². The molecular formula is C17H34N2. The minimum absolute atomic E-state index is 0.406. The predicted molar refractivity (Wildman–Crippen MR) is 83.4 cm³/mol. The van der Waals surface area contributed by atoms with Crippen molar-refractivity contribution < 1.29 is 0 Å². The quantitative estimate of drug-likeness (QED) is 0.772. The second-order valence-corrected chi connectivity index (χ2v) is 8.03. The number of likely N-dealkylation sites (tertiary alicyclic amines) is 2. The van der Waals surface area contributed by atoms with E-state index in [9.17, 15) is 0 Å². The Hall–Kier alpha value is -0.0800. The van der Waals surface area contributed by atoms with Crippen LogP contribution in [0.2, 0.25) is 0 Å². The van der Waals surface area contributed by atoms with E-state index in [1.54, 1.807) is 0 Å². The highest BCUT2D eigenvalue weighted by molar-refractivity contribution is 4.91. The van der Waals surface area contributed by atoms with Gasteiger partial charge in [0.25, 0.3) is 0 Å². The summed E-state index contributed by atoms with van der Waals surface area (Å²) in [4.78, 5) is 5.30. The lowest BCUT2D eigenvalue weighted by Crippen LogP contribution is -2.53. The van der Waals surface area contributed by atoms with Crippen LogP contribution in [0.25, 0.3) is 0 Å². The van der Waals surface area contributed by atoms with Gasteiger partial charge in [0.2, 0.25) is 0 Å². The lowest BCUT2D eigenvalue weighted by Gasteiger charge is -2.48. The van der Waals surface area contributed by atoms with E-state index in [0.717, 1.165) is 17.8 Å². The molecular weight excluding hydrogens is 232 g/mol. The zero-order chi connectivity index (χ0) is 14.0. The van der Waals surface area contributed by atoms with E-state index in [1.165, 1.54) is 51.9 Å². The topological polar surface area (TPSA) is 6.48 Å². The molecule has 2 atom stereocenters. The van der Waals surface area contributed by atoms with Gasteiger partial charge in [-0.3, -0.25) is 4.90 Å². The lowest BCUT2D eigenvalue weighted by molar-refractivity contribution is 0.0116. The van der Waals surface area contributed by atoms with Crippen molar-refractivity contribution in [2.75, 3.05) is 33.2 Å². The molecule has 0 aliphatic carbocycles. The molecule has 112 valence electrons. The maximum Gasteiger partial charge on any atom is 0.0156 e. The van der Waals surface area contributed by atoms with Crippen molar-refractivity contribution >= 4 is 0 Å². The molecule has 19 heavy (non-hydrogen) atoms. The van der Waals surface area contributed by atoms with Crippen LogP contribution in [0.4, 0.5) is 0 Å². The van der Waals surface area contributed by atoms with Crippen molar-refractivity contribution in [3.8, 4) is 0 Å². The number of hydrogen-bond acceptors (Lipinski definition) is 2. The van der Waals surface area contributed by atoms with Gasteiger partial charge in [0.1, 0.15) is 0 Å². The van der Waals surface area contributed by atoms with Gasteiger partial charge in [-0.1, -0.05) is 13.8 Å². The van der Waals surface area contributed by atoms with Gasteiger partial charge >= 0.3 is 0 Å². The summed E-state index contributed by atoms with van der Waals surface area (Å²) in [5, 5.41) is 0. The van der Waals surface area contributed by atoms with Crippen molar-refractivity contribution in [3.05, 3.63) is 0 Å². The van der Waals surface area contributed by atoms with E-state index in [2.05, 4.69) is 44.5 Å². The lowest BCUT2D eigenvalue weighted by atomic mass is 9.77. The first-order valence-electron chi connectivity index (χ1n) is 8.32. The van der Waals surface area contributed by atoms with Crippen molar-refractivity contribution in [2.24, 2.45) is 17.8 Å². The molecule has 0 saturated carbocycles. The van der Waals surface area contributed by atoms with Gasteiger partial charge in [0.15, 0.2) is 0 Å². The molecule has 2 aliphatic heterocycles. The minimum Gasteiger partial charge on any atom is -0.306 e. The molecule has 2 heterocycles. The molecule has 0 N–H and O–H groups in total. The molecule has 2 rings (SSSR count). The van der Waals surface area contributed by atoms with E-state index in [-0.39, 0.29) is 0 Å². The molecule has 2 fully saturated rings. The van der Waals surface area contributed by atoms with E-state index >= 15 is 0 Å². The van der Waals surface area contributed by atoms with Gasteiger partial charge in [-0.05, 0) is 77.4 Å². The average Bonchev–Trinajstić information content (AvgIpc) is 2.31. The predicted octanol–water partition coefficient (Wildman–Crippen LogP) is 3.47. The van der Waals surface area contributed by atoms with Crippen LogP contribution in [0.3, 0.4) is 0 Å². The fourth-order valence-electron chi connectivity index (χ4n) is 4.14. The second-order valence-electron chi connectivity index (χ2n) is 8.03. The molecule has 0 aromatic carbocycles. The van der Waals surface area contributed by atoms with E-state index in [1.807, 2.05) is 0 Å². The molecule has 2 heteroatoms. The van der Waals surface area contributed by atoms with Crippen LogP contribution in [0, 0.1) is 17.8 Å². The molecule has 0 amide bonds. The maximum absolute atomic E-state index is 2.79. The Balaban J connectivity index is 1.90. The summed E-state index contributed by atoms with van der Waals surface area (Å²) in [6.07, 6.45) is 5.62. The molecule has 0 aromatic rings. The Morgan fingerprint density at radius 3 is 2.47 bits per heavy atom. The highest BCUT2D eigenvalue weighted by Crippen LogP contribution is 2.36. The fourth-order valence-corrected chi connectivity index (χ4v) is 4.14. The fraction of sp³-hybridized carbons (Fsp3) is 1.00. The molecule has 0 spiro atoms.